The van der Waals surface area contributed by atoms with E-state index in [0.29, 0.717) is 11.3 Å². The maximum atomic E-state index is 10.4. The number of phenolic OH excluding ortho intramolecular Hbond substituents is 1. The van der Waals surface area contributed by atoms with Crippen LogP contribution in [-0.2, 0) is 0 Å². The van der Waals surface area contributed by atoms with Crippen LogP contribution in [0.5, 0.6) is 5.75 Å². The molecule has 0 fully saturated rings. The van der Waals surface area contributed by atoms with E-state index < -0.39 is 0 Å². The Morgan fingerprint density at radius 1 is 0.789 bits per heavy atom. The van der Waals surface area contributed by atoms with Gasteiger partial charge in [-0.3, -0.25) is 0 Å². The van der Waals surface area contributed by atoms with Gasteiger partial charge in [-0.1, -0.05) is 24.3 Å². The molecule has 0 unspecified atom stereocenters. The van der Waals surface area contributed by atoms with Crippen molar-refractivity contribution in [2.45, 2.75) is 0 Å². The molecule has 5 nitrogen and oxygen atoms in total. The maximum absolute atomic E-state index is 10.4. The number of rotatable bonds is 4. The lowest BCUT2D eigenvalue weighted by Gasteiger charge is -1.98. The SMILES string of the molecule is O=Nc1ccc(/C=C/c2cc(O)cc(N=O)c2)cc1. The van der Waals surface area contributed by atoms with Crippen LogP contribution in [0.4, 0.5) is 11.4 Å². The average Bonchev–Trinajstić information content (AvgIpc) is 2.45. The van der Waals surface area contributed by atoms with Crippen molar-refractivity contribution in [3.8, 4) is 5.75 Å². The van der Waals surface area contributed by atoms with Gasteiger partial charge >= 0.3 is 0 Å². The molecule has 2 rings (SSSR count). The van der Waals surface area contributed by atoms with Crippen LogP contribution in [0.25, 0.3) is 12.2 Å². The summed E-state index contributed by atoms with van der Waals surface area (Å²) in [7, 11) is 0. The first-order valence-corrected chi connectivity index (χ1v) is 5.50. The molecule has 0 saturated carbocycles. The van der Waals surface area contributed by atoms with Gasteiger partial charge in [0.25, 0.3) is 0 Å². The highest BCUT2D eigenvalue weighted by Gasteiger charge is 1.98. The van der Waals surface area contributed by atoms with Crippen molar-refractivity contribution in [3.63, 3.8) is 0 Å². The van der Waals surface area contributed by atoms with Gasteiger partial charge in [-0.15, -0.1) is 9.81 Å². The normalized spacial score (nSPS) is 10.5. The van der Waals surface area contributed by atoms with E-state index in [1.807, 2.05) is 0 Å². The van der Waals surface area contributed by atoms with E-state index in [1.54, 1.807) is 42.5 Å². The predicted octanol–water partition coefficient (Wildman–Crippen LogP) is 4.36. The van der Waals surface area contributed by atoms with Crippen molar-refractivity contribution in [2.75, 3.05) is 0 Å². The molecule has 0 atom stereocenters. The van der Waals surface area contributed by atoms with Gasteiger partial charge in [0, 0.05) is 6.07 Å². The highest BCUT2D eigenvalue weighted by Crippen LogP contribution is 2.23. The lowest BCUT2D eigenvalue weighted by Crippen LogP contribution is -1.74. The molecule has 0 aliphatic heterocycles. The summed E-state index contributed by atoms with van der Waals surface area (Å²) >= 11 is 0. The fourth-order valence-electron chi connectivity index (χ4n) is 1.61. The van der Waals surface area contributed by atoms with Gasteiger partial charge in [-0.25, -0.2) is 0 Å². The molecule has 0 spiro atoms. The second kappa shape index (κ2) is 5.68. The van der Waals surface area contributed by atoms with Gasteiger partial charge in [0.2, 0.25) is 0 Å². The predicted molar refractivity (Wildman–Crippen MR) is 74.4 cm³/mol. The molecule has 0 aliphatic carbocycles. The van der Waals surface area contributed by atoms with Crippen molar-refractivity contribution in [2.24, 2.45) is 10.4 Å². The zero-order valence-electron chi connectivity index (χ0n) is 9.85. The lowest BCUT2D eigenvalue weighted by atomic mass is 10.1. The van der Waals surface area contributed by atoms with Gasteiger partial charge < -0.3 is 5.11 Å². The van der Waals surface area contributed by atoms with Crippen molar-refractivity contribution < 1.29 is 5.11 Å². The number of hydrogen-bond donors (Lipinski definition) is 1. The quantitative estimate of drug-likeness (QED) is 0.650. The molecule has 2 aromatic rings. The maximum Gasteiger partial charge on any atom is 0.118 e. The van der Waals surface area contributed by atoms with E-state index in [-0.39, 0.29) is 11.4 Å². The second-order valence-corrected chi connectivity index (χ2v) is 3.89. The summed E-state index contributed by atoms with van der Waals surface area (Å²) in [6.45, 7) is 0. The van der Waals surface area contributed by atoms with E-state index in [2.05, 4.69) is 10.4 Å². The molecule has 0 amide bonds. The van der Waals surface area contributed by atoms with Gasteiger partial charge in [-0.2, -0.15) is 0 Å². The number of benzene rings is 2. The van der Waals surface area contributed by atoms with E-state index in [4.69, 9.17) is 0 Å². The Hall–Kier alpha value is -2.82. The summed E-state index contributed by atoms with van der Waals surface area (Å²) in [4.78, 5) is 20.7. The van der Waals surface area contributed by atoms with Crippen LogP contribution in [-0.4, -0.2) is 5.11 Å². The molecule has 0 bridgehead atoms. The van der Waals surface area contributed by atoms with Crippen molar-refractivity contribution in [1.29, 1.82) is 0 Å². The first kappa shape index (κ1) is 12.6. The summed E-state index contributed by atoms with van der Waals surface area (Å²) in [5.74, 6) is -0.0164. The molecule has 0 saturated heterocycles. The molecule has 19 heavy (non-hydrogen) atoms. The largest absolute Gasteiger partial charge is 0.508 e. The van der Waals surface area contributed by atoms with E-state index >= 15 is 0 Å². The summed E-state index contributed by atoms with van der Waals surface area (Å²) in [5.41, 5.74) is 2.06. The average molecular weight is 254 g/mol. The minimum absolute atomic E-state index is 0.0164. The Morgan fingerprint density at radius 3 is 2.05 bits per heavy atom. The van der Waals surface area contributed by atoms with Crippen LogP contribution < -0.4 is 0 Å². The standard InChI is InChI=1S/C14H10N2O3/c17-14-8-11(7-13(9-14)16-19)2-1-10-3-5-12(15-18)6-4-10/h1-9,17H/b2-1+. The van der Waals surface area contributed by atoms with E-state index in [9.17, 15) is 14.9 Å². The molecule has 0 aliphatic rings. The van der Waals surface area contributed by atoms with Gasteiger partial charge in [0.05, 0.1) is 0 Å². The first-order chi connectivity index (χ1) is 9.21. The Kier molecular flexibility index (Phi) is 3.78. The Bertz CT molecular complexity index is 634. The monoisotopic (exact) mass is 254 g/mol. The summed E-state index contributed by atoms with van der Waals surface area (Å²) in [5, 5.41) is 15.0. The van der Waals surface area contributed by atoms with Gasteiger partial charge in [0.1, 0.15) is 17.1 Å². The zero-order valence-corrected chi connectivity index (χ0v) is 9.85. The number of phenols is 1. The third-order valence-electron chi connectivity index (χ3n) is 2.50. The van der Waals surface area contributed by atoms with Crippen LogP contribution in [0.3, 0.4) is 0 Å². The van der Waals surface area contributed by atoms with E-state index in [0.717, 1.165) is 5.56 Å². The molecular weight excluding hydrogens is 244 g/mol. The number of hydrogen-bond acceptors (Lipinski definition) is 5. The second-order valence-electron chi connectivity index (χ2n) is 3.89. The third kappa shape index (κ3) is 3.32. The minimum atomic E-state index is -0.0164. The van der Waals surface area contributed by atoms with Gasteiger partial charge in [0.15, 0.2) is 0 Å². The number of nitrogens with zero attached hydrogens (tertiary/aromatic N) is 2. The number of aromatic hydroxyl groups is 1. The molecule has 1 N–H and O–H groups in total. The van der Waals surface area contributed by atoms with Crippen LogP contribution in [0.2, 0.25) is 0 Å². The fraction of sp³-hybridized carbons (Fsp3) is 0. The summed E-state index contributed by atoms with van der Waals surface area (Å²) < 4.78 is 0. The first-order valence-electron chi connectivity index (χ1n) is 5.50. The smallest absolute Gasteiger partial charge is 0.118 e. The third-order valence-corrected chi connectivity index (χ3v) is 2.50. The Labute approximate surface area is 109 Å². The Balaban J connectivity index is 2.23. The molecular formula is C14H10N2O3. The lowest BCUT2D eigenvalue weighted by molar-refractivity contribution is 0.475. The summed E-state index contributed by atoms with van der Waals surface area (Å²) in [6.07, 6.45) is 3.52. The minimum Gasteiger partial charge on any atom is -0.508 e. The topological polar surface area (TPSA) is 79.1 Å². The van der Waals surface area contributed by atoms with Crippen LogP contribution in [0.1, 0.15) is 11.1 Å². The van der Waals surface area contributed by atoms with E-state index in [1.165, 1.54) is 12.1 Å². The zero-order chi connectivity index (χ0) is 13.7. The van der Waals surface area contributed by atoms with Crippen molar-refractivity contribution in [3.05, 3.63) is 63.4 Å². The Morgan fingerprint density at radius 2 is 1.42 bits per heavy atom. The van der Waals surface area contributed by atoms with Crippen LogP contribution >= 0.6 is 0 Å². The van der Waals surface area contributed by atoms with Crippen LogP contribution in [0.15, 0.2) is 52.8 Å². The molecule has 5 heteroatoms. The highest BCUT2D eigenvalue weighted by atomic mass is 16.3. The molecule has 2 aromatic carbocycles. The van der Waals surface area contributed by atoms with Crippen molar-refractivity contribution >= 4 is 23.5 Å². The summed E-state index contributed by atoms with van der Waals surface area (Å²) in [6, 6.07) is 11.1. The van der Waals surface area contributed by atoms with Crippen molar-refractivity contribution in [1.82, 2.24) is 0 Å². The fourth-order valence-corrected chi connectivity index (χ4v) is 1.61. The van der Waals surface area contributed by atoms with Gasteiger partial charge in [-0.05, 0) is 45.7 Å². The molecule has 0 radical (unpaired) electrons. The highest BCUT2D eigenvalue weighted by molar-refractivity contribution is 5.72. The van der Waals surface area contributed by atoms with Crippen LogP contribution in [0, 0.1) is 9.81 Å². The number of nitroso groups, excluding NO2 is 2. The molecule has 94 valence electrons. The molecule has 0 aromatic heterocycles. The molecule has 0 heterocycles.